The van der Waals surface area contributed by atoms with Crippen LogP contribution in [0.4, 0.5) is 0 Å². The topological polar surface area (TPSA) is 59.3 Å². The second-order valence-corrected chi connectivity index (χ2v) is 7.02. The minimum Gasteiger partial charge on any atom is -0.271 e. The van der Waals surface area contributed by atoms with Crippen LogP contribution in [0.2, 0.25) is 0 Å². The molecule has 1 aromatic heterocycles. The number of nitrogens with zero attached hydrogens (tertiary/aromatic N) is 3. The second-order valence-electron chi connectivity index (χ2n) is 7.02. The molecule has 1 aliphatic carbocycles. The van der Waals surface area contributed by atoms with Crippen molar-refractivity contribution in [2.24, 2.45) is 5.10 Å². The van der Waals surface area contributed by atoms with Gasteiger partial charge in [-0.1, -0.05) is 36.4 Å². The van der Waals surface area contributed by atoms with Crippen LogP contribution in [-0.2, 0) is 17.8 Å². The van der Waals surface area contributed by atoms with E-state index in [0.29, 0.717) is 0 Å². The first-order valence-electron chi connectivity index (χ1n) is 9.07. The Morgan fingerprint density at radius 3 is 2.67 bits per heavy atom. The van der Waals surface area contributed by atoms with Gasteiger partial charge in [0.05, 0.1) is 11.4 Å². The molecule has 0 saturated carbocycles. The molecule has 5 nitrogen and oxygen atoms in total. The monoisotopic (exact) mass is 358 g/mol. The van der Waals surface area contributed by atoms with Crippen molar-refractivity contribution in [3.05, 3.63) is 76.6 Å². The van der Waals surface area contributed by atoms with Gasteiger partial charge in [-0.25, -0.2) is 5.43 Å². The van der Waals surface area contributed by atoms with Crippen molar-refractivity contribution in [2.75, 3.05) is 0 Å². The summed E-state index contributed by atoms with van der Waals surface area (Å²) in [5.74, 6) is -0.186. The molecule has 4 rings (SSSR count). The maximum absolute atomic E-state index is 12.2. The second kappa shape index (κ2) is 6.83. The van der Waals surface area contributed by atoms with Crippen LogP contribution in [0.3, 0.4) is 0 Å². The first kappa shape index (κ1) is 17.2. The van der Waals surface area contributed by atoms with E-state index in [1.54, 1.807) is 4.68 Å². The first-order chi connectivity index (χ1) is 13.0. The number of hydrogen-bond donors (Lipinski definition) is 1. The molecule has 0 saturated heterocycles. The van der Waals surface area contributed by atoms with E-state index in [1.807, 2.05) is 26.8 Å². The van der Waals surface area contributed by atoms with Crippen LogP contribution in [0.1, 0.15) is 35.0 Å². The van der Waals surface area contributed by atoms with Crippen molar-refractivity contribution in [3.8, 4) is 11.1 Å². The lowest BCUT2D eigenvalue weighted by atomic mass is 10.0. The summed E-state index contributed by atoms with van der Waals surface area (Å²) in [6, 6.07) is 16.8. The molecule has 2 aromatic carbocycles. The Morgan fingerprint density at radius 1 is 1.11 bits per heavy atom. The largest absolute Gasteiger partial charge is 0.271 e. The number of aromatic nitrogens is 2. The molecule has 0 radical (unpaired) electrons. The van der Waals surface area contributed by atoms with Crippen LogP contribution in [0.25, 0.3) is 11.1 Å². The molecule has 0 aliphatic heterocycles. The summed E-state index contributed by atoms with van der Waals surface area (Å²) in [6.07, 6.45) is 0.941. The number of rotatable bonds is 4. The number of fused-ring (bicyclic) bond motifs is 3. The van der Waals surface area contributed by atoms with Gasteiger partial charge in [-0.15, -0.1) is 0 Å². The number of carbonyl (C=O) groups excluding carboxylic acids is 1. The molecule has 3 aromatic rings. The lowest BCUT2D eigenvalue weighted by Gasteiger charge is -2.07. The Morgan fingerprint density at radius 2 is 1.89 bits per heavy atom. The van der Waals surface area contributed by atoms with Gasteiger partial charge in [-0.3, -0.25) is 9.48 Å². The SMILES string of the molecule is CC(=NNC(=O)Cn1nc(C)cc1C)c1ccc2c(c1)Cc1ccccc1-2. The molecule has 0 fully saturated rings. The number of nitrogens with one attached hydrogen (secondary N) is 1. The third-order valence-corrected chi connectivity index (χ3v) is 4.96. The van der Waals surface area contributed by atoms with Crippen molar-refractivity contribution in [3.63, 3.8) is 0 Å². The Bertz CT molecular complexity index is 1060. The fourth-order valence-corrected chi connectivity index (χ4v) is 3.59. The number of carbonyl (C=O) groups is 1. The molecule has 5 heteroatoms. The van der Waals surface area contributed by atoms with Gasteiger partial charge in [-0.05, 0) is 67.1 Å². The maximum Gasteiger partial charge on any atom is 0.261 e. The van der Waals surface area contributed by atoms with E-state index in [0.717, 1.165) is 29.1 Å². The third kappa shape index (κ3) is 3.40. The van der Waals surface area contributed by atoms with Crippen LogP contribution >= 0.6 is 0 Å². The van der Waals surface area contributed by atoms with Gasteiger partial charge in [0, 0.05) is 5.69 Å². The third-order valence-electron chi connectivity index (χ3n) is 4.96. The van der Waals surface area contributed by atoms with Crippen molar-refractivity contribution >= 4 is 11.6 Å². The Hall–Kier alpha value is -3.21. The van der Waals surface area contributed by atoms with Crippen LogP contribution < -0.4 is 5.43 Å². The highest BCUT2D eigenvalue weighted by Crippen LogP contribution is 2.36. The summed E-state index contributed by atoms with van der Waals surface area (Å²) in [5.41, 5.74) is 11.6. The lowest BCUT2D eigenvalue weighted by Crippen LogP contribution is -2.25. The van der Waals surface area contributed by atoms with Gasteiger partial charge < -0.3 is 0 Å². The van der Waals surface area contributed by atoms with Gasteiger partial charge in [-0.2, -0.15) is 10.2 Å². The molecule has 1 aliphatic rings. The predicted molar refractivity (Wildman–Crippen MR) is 107 cm³/mol. The highest BCUT2D eigenvalue weighted by molar-refractivity contribution is 6.00. The molecule has 0 unspecified atom stereocenters. The van der Waals surface area contributed by atoms with Crippen molar-refractivity contribution in [2.45, 2.75) is 33.7 Å². The summed E-state index contributed by atoms with van der Waals surface area (Å²) >= 11 is 0. The molecule has 1 amide bonds. The summed E-state index contributed by atoms with van der Waals surface area (Å²) in [5, 5.41) is 8.58. The van der Waals surface area contributed by atoms with Crippen LogP contribution in [0, 0.1) is 13.8 Å². The summed E-state index contributed by atoms with van der Waals surface area (Å²) < 4.78 is 1.68. The van der Waals surface area contributed by atoms with E-state index in [4.69, 9.17) is 0 Å². The summed E-state index contributed by atoms with van der Waals surface area (Å²) in [4.78, 5) is 12.2. The first-order valence-corrected chi connectivity index (χ1v) is 9.07. The average molecular weight is 358 g/mol. The number of benzene rings is 2. The van der Waals surface area contributed by atoms with E-state index in [1.165, 1.54) is 22.3 Å². The molecule has 27 heavy (non-hydrogen) atoms. The fraction of sp³-hybridized carbons (Fsp3) is 0.227. The van der Waals surface area contributed by atoms with Crippen LogP contribution in [0.15, 0.2) is 53.6 Å². The van der Waals surface area contributed by atoms with E-state index < -0.39 is 0 Å². The van der Waals surface area contributed by atoms with Crippen LogP contribution in [-0.4, -0.2) is 21.4 Å². The van der Waals surface area contributed by atoms with Crippen LogP contribution in [0.5, 0.6) is 0 Å². The van der Waals surface area contributed by atoms with E-state index in [2.05, 4.69) is 58.1 Å². The lowest BCUT2D eigenvalue weighted by molar-refractivity contribution is -0.121. The minimum absolute atomic E-state index is 0.163. The summed E-state index contributed by atoms with van der Waals surface area (Å²) in [7, 11) is 0. The highest BCUT2D eigenvalue weighted by Gasteiger charge is 2.18. The van der Waals surface area contributed by atoms with Crippen molar-refractivity contribution < 1.29 is 4.79 Å². The van der Waals surface area contributed by atoms with E-state index in [9.17, 15) is 4.79 Å². The van der Waals surface area contributed by atoms with Gasteiger partial charge in [0.15, 0.2) is 0 Å². The quantitative estimate of drug-likeness (QED) is 0.447. The fourth-order valence-electron chi connectivity index (χ4n) is 3.59. The molecular weight excluding hydrogens is 336 g/mol. The van der Waals surface area contributed by atoms with Gasteiger partial charge in [0.25, 0.3) is 5.91 Å². The Labute approximate surface area is 158 Å². The number of amides is 1. The summed E-state index contributed by atoms with van der Waals surface area (Å²) in [6.45, 7) is 5.92. The standard InChI is InChI=1S/C22H22N4O/c1-14-10-15(2)26(25-14)13-22(27)24-23-16(3)17-8-9-21-19(11-17)12-18-6-4-5-7-20(18)21/h4-11H,12-13H2,1-3H3,(H,24,27). The number of hydrogen-bond acceptors (Lipinski definition) is 3. The molecule has 0 bridgehead atoms. The smallest absolute Gasteiger partial charge is 0.261 e. The zero-order valence-electron chi connectivity index (χ0n) is 15.8. The molecule has 136 valence electrons. The average Bonchev–Trinajstić information content (AvgIpc) is 3.18. The van der Waals surface area contributed by atoms with Crippen molar-refractivity contribution in [1.29, 1.82) is 0 Å². The molecule has 0 atom stereocenters. The predicted octanol–water partition coefficient (Wildman–Crippen LogP) is 3.61. The van der Waals surface area contributed by atoms with E-state index >= 15 is 0 Å². The minimum atomic E-state index is -0.186. The molecule has 0 spiro atoms. The molecular formula is C22H22N4O. The maximum atomic E-state index is 12.2. The number of hydrazone groups is 1. The van der Waals surface area contributed by atoms with Gasteiger partial charge >= 0.3 is 0 Å². The number of aryl methyl sites for hydroxylation is 2. The zero-order chi connectivity index (χ0) is 19.0. The van der Waals surface area contributed by atoms with Crippen molar-refractivity contribution in [1.82, 2.24) is 15.2 Å². The molecule has 1 N–H and O–H groups in total. The Balaban J connectivity index is 1.47. The Kier molecular flexibility index (Phi) is 4.36. The normalized spacial score (nSPS) is 12.6. The van der Waals surface area contributed by atoms with E-state index in [-0.39, 0.29) is 12.5 Å². The zero-order valence-corrected chi connectivity index (χ0v) is 15.8. The highest BCUT2D eigenvalue weighted by atomic mass is 16.2. The van der Waals surface area contributed by atoms with Gasteiger partial charge in [0.1, 0.15) is 6.54 Å². The molecule has 1 heterocycles. The van der Waals surface area contributed by atoms with Gasteiger partial charge in [0.2, 0.25) is 0 Å².